The van der Waals surface area contributed by atoms with Gasteiger partial charge in [-0.3, -0.25) is 4.90 Å². The zero-order chi connectivity index (χ0) is 23.5. The molecule has 1 saturated heterocycles. The van der Waals surface area contributed by atoms with Crippen LogP contribution in [0.4, 0.5) is 14.9 Å². The van der Waals surface area contributed by atoms with Gasteiger partial charge in [0, 0.05) is 49.1 Å². The van der Waals surface area contributed by atoms with Crippen molar-refractivity contribution >= 4 is 29.3 Å². The first kappa shape index (κ1) is 23.1. The average Bonchev–Trinajstić information content (AvgIpc) is 2.81. The lowest BCUT2D eigenvalue weighted by Crippen LogP contribution is -2.51. The molecule has 1 fully saturated rings. The van der Waals surface area contributed by atoms with Crippen molar-refractivity contribution in [3.8, 4) is 0 Å². The topological polar surface area (TPSA) is 73.9 Å². The fourth-order valence-electron chi connectivity index (χ4n) is 4.29. The predicted molar refractivity (Wildman–Crippen MR) is 125 cm³/mol. The molecule has 0 aliphatic carbocycles. The van der Waals surface area contributed by atoms with E-state index in [2.05, 4.69) is 27.4 Å². The van der Waals surface area contributed by atoms with E-state index in [0.717, 1.165) is 37.4 Å². The van der Waals surface area contributed by atoms with Crippen LogP contribution in [0.2, 0.25) is 5.02 Å². The van der Waals surface area contributed by atoms with Gasteiger partial charge >= 0.3 is 12.0 Å². The molecule has 2 amide bonds. The van der Waals surface area contributed by atoms with Gasteiger partial charge in [0.15, 0.2) is 0 Å². The van der Waals surface area contributed by atoms with Gasteiger partial charge in [-0.2, -0.15) is 0 Å². The Hall–Kier alpha value is -3.10. The molecule has 1 atom stereocenters. The summed E-state index contributed by atoms with van der Waals surface area (Å²) in [5.74, 6) is -0.935. The van der Waals surface area contributed by atoms with Gasteiger partial charge in [0.25, 0.3) is 0 Å². The number of ether oxygens (including phenoxy) is 1. The third-order valence-electron chi connectivity index (χ3n) is 6.03. The van der Waals surface area contributed by atoms with Gasteiger partial charge in [0.2, 0.25) is 0 Å². The van der Waals surface area contributed by atoms with Crippen LogP contribution >= 0.6 is 11.6 Å². The molecule has 7 nitrogen and oxygen atoms in total. The Bertz CT molecular complexity index is 1080. The molecule has 0 saturated carbocycles. The van der Waals surface area contributed by atoms with Gasteiger partial charge in [-0.25, -0.2) is 14.0 Å². The molecule has 0 bridgehead atoms. The van der Waals surface area contributed by atoms with Crippen molar-refractivity contribution in [2.75, 3.05) is 44.7 Å². The van der Waals surface area contributed by atoms with Gasteiger partial charge in [-0.1, -0.05) is 29.8 Å². The van der Waals surface area contributed by atoms with Crippen LogP contribution in [0.15, 0.2) is 53.7 Å². The second kappa shape index (κ2) is 9.80. The summed E-state index contributed by atoms with van der Waals surface area (Å²) in [4.78, 5) is 29.6. The van der Waals surface area contributed by atoms with Crippen LogP contribution in [-0.4, -0.2) is 56.7 Å². The number of hydrogen-bond donors (Lipinski definition) is 2. The van der Waals surface area contributed by atoms with E-state index in [-0.39, 0.29) is 0 Å². The van der Waals surface area contributed by atoms with Crippen molar-refractivity contribution in [1.29, 1.82) is 0 Å². The number of amides is 2. The van der Waals surface area contributed by atoms with Crippen LogP contribution in [0.3, 0.4) is 0 Å². The summed E-state index contributed by atoms with van der Waals surface area (Å²) in [6.45, 7) is 5.51. The van der Waals surface area contributed by atoms with E-state index in [1.54, 1.807) is 12.1 Å². The van der Waals surface area contributed by atoms with Gasteiger partial charge in [0.1, 0.15) is 5.82 Å². The van der Waals surface area contributed by atoms with E-state index < -0.39 is 23.9 Å². The molecule has 2 aliphatic heterocycles. The number of nitrogens with one attached hydrogen (secondary N) is 2. The van der Waals surface area contributed by atoms with E-state index in [1.165, 1.54) is 19.2 Å². The highest BCUT2D eigenvalue weighted by Crippen LogP contribution is 2.29. The SMILES string of the molecule is COC(=O)C1=C(CN2CCN(c3cc(Cl)ccc3C)CC2)NC(=O)NC1c1ccc(F)cc1. The number of benzene rings is 2. The molecule has 2 aliphatic rings. The first-order valence-corrected chi connectivity index (χ1v) is 11.1. The first-order valence-electron chi connectivity index (χ1n) is 10.7. The van der Waals surface area contributed by atoms with E-state index in [4.69, 9.17) is 16.3 Å². The number of esters is 1. The normalized spacial score (nSPS) is 19.2. The van der Waals surface area contributed by atoms with Crippen molar-refractivity contribution < 1.29 is 18.7 Å². The number of aryl methyl sites for hydroxylation is 1. The highest BCUT2D eigenvalue weighted by molar-refractivity contribution is 6.30. The van der Waals surface area contributed by atoms with Crippen LogP contribution in [0.1, 0.15) is 17.2 Å². The summed E-state index contributed by atoms with van der Waals surface area (Å²) in [5.41, 5.74) is 3.69. The lowest BCUT2D eigenvalue weighted by molar-refractivity contribution is -0.136. The average molecular weight is 473 g/mol. The third-order valence-corrected chi connectivity index (χ3v) is 6.26. The minimum absolute atomic E-state index is 0.317. The molecule has 2 heterocycles. The molecule has 9 heteroatoms. The van der Waals surface area contributed by atoms with Gasteiger partial charge < -0.3 is 20.3 Å². The van der Waals surface area contributed by atoms with Gasteiger partial charge in [-0.15, -0.1) is 0 Å². The highest BCUT2D eigenvalue weighted by Gasteiger charge is 2.34. The third kappa shape index (κ3) is 5.12. The summed E-state index contributed by atoms with van der Waals surface area (Å²) in [6, 6.07) is 10.4. The molecule has 2 aromatic carbocycles. The zero-order valence-electron chi connectivity index (χ0n) is 18.5. The summed E-state index contributed by atoms with van der Waals surface area (Å²) in [6.07, 6.45) is 0. The standard InChI is InChI=1S/C24H26ClFN4O3/c1-15-3-6-17(25)13-20(15)30-11-9-29(10-12-30)14-19-21(23(31)33-2)22(28-24(32)27-19)16-4-7-18(26)8-5-16/h3-8,13,22H,9-12,14H2,1-2H3,(H2,27,28,32). The Labute approximate surface area is 197 Å². The van der Waals surface area contributed by atoms with Gasteiger partial charge in [-0.05, 0) is 42.3 Å². The van der Waals surface area contributed by atoms with E-state index in [1.807, 2.05) is 18.2 Å². The summed E-state index contributed by atoms with van der Waals surface area (Å²) in [7, 11) is 1.30. The van der Waals surface area contributed by atoms with Crippen LogP contribution in [0, 0.1) is 12.7 Å². The Morgan fingerprint density at radius 1 is 1.15 bits per heavy atom. The highest BCUT2D eigenvalue weighted by atomic mass is 35.5. The second-order valence-electron chi connectivity index (χ2n) is 8.16. The summed E-state index contributed by atoms with van der Waals surface area (Å²) < 4.78 is 18.4. The first-order chi connectivity index (χ1) is 15.9. The minimum atomic E-state index is -0.725. The molecule has 4 rings (SSSR count). The Morgan fingerprint density at radius 2 is 1.85 bits per heavy atom. The maximum absolute atomic E-state index is 13.4. The lowest BCUT2D eigenvalue weighted by Gasteiger charge is -2.38. The molecule has 0 aromatic heterocycles. The zero-order valence-corrected chi connectivity index (χ0v) is 19.3. The Kier molecular flexibility index (Phi) is 6.85. The fourth-order valence-corrected chi connectivity index (χ4v) is 4.46. The molecule has 0 radical (unpaired) electrons. The van der Waals surface area contributed by atoms with Crippen LogP contribution < -0.4 is 15.5 Å². The number of piperazine rings is 1. The van der Waals surface area contributed by atoms with E-state index in [0.29, 0.717) is 28.4 Å². The van der Waals surface area contributed by atoms with E-state index in [9.17, 15) is 14.0 Å². The number of methoxy groups -OCH3 is 1. The number of nitrogens with zero attached hydrogens (tertiary/aromatic N) is 2. The number of anilines is 1. The summed E-state index contributed by atoms with van der Waals surface area (Å²) >= 11 is 6.19. The van der Waals surface area contributed by atoms with Crippen molar-refractivity contribution in [1.82, 2.24) is 15.5 Å². The summed E-state index contributed by atoms with van der Waals surface area (Å²) in [5, 5.41) is 6.24. The smallest absolute Gasteiger partial charge is 0.338 e. The van der Waals surface area contributed by atoms with Crippen molar-refractivity contribution in [3.63, 3.8) is 0 Å². The fraction of sp³-hybridized carbons (Fsp3) is 0.333. The van der Waals surface area contributed by atoms with Gasteiger partial charge in [0.05, 0.1) is 18.7 Å². The number of carbonyl (C=O) groups is 2. The quantitative estimate of drug-likeness (QED) is 0.652. The minimum Gasteiger partial charge on any atom is -0.466 e. The van der Waals surface area contributed by atoms with Crippen molar-refractivity contribution in [2.45, 2.75) is 13.0 Å². The molecule has 33 heavy (non-hydrogen) atoms. The van der Waals surface area contributed by atoms with Crippen molar-refractivity contribution in [3.05, 3.63) is 75.7 Å². The Morgan fingerprint density at radius 3 is 2.52 bits per heavy atom. The number of halogens is 2. The molecule has 1 unspecified atom stereocenters. The van der Waals surface area contributed by atoms with E-state index >= 15 is 0 Å². The monoisotopic (exact) mass is 472 g/mol. The molecule has 2 aromatic rings. The van der Waals surface area contributed by atoms with Crippen LogP contribution in [-0.2, 0) is 9.53 Å². The molecular weight excluding hydrogens is 447 g/mol. The van der Waals surface area contributed by atoms with Crippen LogP contribution in [0.5, 0.6) is 0 Å². The number of carbonyl (C=O) groups excluding carboxylic acids is 2. The molecule has 174 valence electrons. The lowest BCUT2D eigenvalue weighted by atomic mass is 9.95. The molecular formula is C24H26ClFN4O3. The largest absolute Gasteiger partial charge is 0.466 e. The van der Waals surface area contributed by atoms with Crippen LogP contribution in [0.25, 0.3) is 0 Å². The number of rotatable bonds is 5. The predicted octanol–water partition coefficient (Wildman–Crippen LogP) is 3.39. The second-order valence-corrected chi connectivity index (χ2v) is 8.60. The number of urea groups is 1. The molecule has 0 spiro atoms. The maximum atomic E-state index is 13.4. The Balaban J connectivity index is 1.54. The molecule has 2 N–H and O–H groups in total. The van der Waals surface area contributed by atoms with Crippen molar-refractivity contribution in [2.24, 2.45) is 0 Å². The maximum Gasteiger partial charge on any atom is 0.338 e. The number of hydrogen-bond acceptors (Lipinski definition) is 5.